The molecule has 0 fully saturated rings. The van der Waals surface area contributed by atoms with Crippen LogP contribution < -0.4 is 0 Å². The molecule has 2 nitrogen and oxygen atoms in total. The predicted molar refractivity (Wildman–Crippen MR) is 59.4 cm³/mol. The van der Waals surface area contributed by atoms with Crippen LogP contribution in [0.15, 0.2) is 29.4 Å². The summed E-state index contributed by atoms with van der Waals surface area (Å²) in [5.41, 5.74) is 2.69. The Morgan fingerprint density at radius 1 is 1.07 bits per heavy atom. The van der Waals surface area contributed by atoms with Crippen molar-refractivity contribution in [3.05, 3.63) is 40.3 Å². The van der Waals surface area contributed by atoms with E-state index in [1.54, 1.807) is 0 Å². The number of hydrogen-bond acceptors (Lipinski definition) is 2. The Labute approximate surface area is 85.3 Å². The molecule has 0 unspecified atom stereocenters. The molecule has 0 amide bonds. The van der Waals surface area contributed by atoms with E-state index in [1.165, 1.54) is 17.5 Å². The van der Waals surface area contributed by atoms with Crippen LogP contribution in [-0.4, -0.2) is 6.54 Å². The normalized spacial score (nSPS) is 10.1. The average Bonchev–Trinajstić information content (AvgIpc) is 2.21. The maximum Gasteiger partial charge on any atom is 0.0814 e. The Bertz CT molecular complexity index is 266. The fraction of sp³-hybridized carbons (Fsp3) is 0.500. The van der Waals surface area contributed by atoms with Crippen molar-refractivity contribution in [3.63, 3.8) is 0 Å². The zero-order chi connectivity index (χ0) is 10.2. The van der Waals surface area contributed by atoms with Gasteiger partial charge in [0.05, 0.1) is 6.54 Å². The van der Waals surface area contributed by atoms with Crippen molar-refractivity contribution in [1.29, 1.82) is 0 Å². The van der Waals surface area contributed by atoms with Crippen molar-refractivity contribution in [3.8, 4) is 0 Å². The molecule has 0 aliphatic carbocycles. The molecule has 0 saturated heterocycles. The molecule has 0 spiro atoms. The Hall–Kier alpha value is -1.18. The molecule has 0 radical (unpaired) electrons. The number of nitroso groups, excluding NO2 is 1. The second-order valence-corrected chi connectivity index (χ2v) is 3.52. The molecule has 0 N–H and O–H groups in total. The highest BCUT2D eigenvalue weighted by atomic mass is 16.3. The van der Waals surface area contributed by atoms with E-state index in [0.717, 1.165) is 19.3 Å². The van der Waals surface area contributed by atoms with Gasteiger partial charge in [-0.25, -0.2) is 0 Å². The maximum atomic E-state index is 9.88. The largest absolute Gasteiger partial charge is 0.151 e. The zero-order valence-electron chi connectivity index (χ0n) is 8.70. The number of benzene rings is 1. The van der Waals surface area contributed by atoms with Crippen LogP contribution in [0, 0.1) is 4.91 Å². The van der Waals surface area contributed by atoms with Gasteiger partial charge in [0.2, 0.25) is 0 Å². The number of aryl methyl sites for hydroxylation is 2. The Kier molecular flexibility index (Phi) is 4.90. The minimum Gasteiger partial charge on any atom is -0.151 e. The lowest BCUT2D eigenvalue weighted by molar-refractivity contribution is 0.827. The van der Waals surface area contributed by atoms with Gasteiger partial charge in [-0.05, 0) is 30.4 Å². The van der Waals surface area contributed by atoms with Crippen LogP contribution in [0.1, 0.15) is 30.9 Å². The third-order valence-electron chi connectivity index (χ3n) is 2.28. The van der Waals surface area contributed by atoms with Crippen LogP contribution in [0.4, 0.5) is 0 Å². The third-order valence-corrected chi connectivity index (χ3v) is 2.28. The van der Waals surface area contributed by atoms with E-state index in [-0.39, 0.29) is 0 Å². The lowest BCUT2D eigenvalue weighted by atomic mass is 10.1. The topological polar surface area (TPSA) is 29.4 Å². The van der Waals surface area contributed by atoms with Crippen LogP contribution >= 0.6 is 0 Å². The highest BCUT2D eigenvalue weighted by molar-refractivity contribution is 5.22. The quantitative estimate of drug-likeness (QED) is 0.501. The molecule has 0 bridgehead atoms. The fourth-order valence-corrected chi connectivity index (χ4v) is 1.51. The smallest absolute Gasteiger partial charge is 0.0814 e. The molecule has 0 aromatic heterocycles. The molecule has 0 aliphatic heterocycles. The summed E-state index contributed by atoms with van der Waals surface area (Å²) in [6.07, 6.45) is 4.15. The summed E-state index contributed by atoms with van der Waals surface area (Å²) >= 11 is 0. The van der Waals surface area contributed by atoms with E-state index in [0.29, 0.717) is 6.54 Å². The molecule has 1 aromatic carbocycles. The molecule has 14 heavy (non-hydrogen) atoms. The molecule has 0 heterocycles. The van der Waals surface area contributed by atoms with Crippen LogP contribution in [0.3, 0.4) is 0 Å². The number of rotatable bonds is 6. The summed E-state index contributed by atoms with van der Waals surface area (Å²) in [7, 11) is 0. The molecule has 0 saturated carbocycles. The molecule has 0 aliphatic rings. The maximum absolute atomic E-state index is 9.88. The molecule has 1 aromatic rings. The first-order valence-electron chi connectivity index (χ1n) is 5.23. The van der Waals surface area contributed by atoms with E-state index in [2.05, 4.69) is 36.4 Å². The van der Waals surface area contributed by atoms with Crippen molar-refractivity contribution in [2.45, 2.75) is 32.6 Å². The van der Waals surface area contributed by atoms with E-state index in [4.69, 9.17) is 0 Å². The molecule has 1 rings (SSSR count). The highest BCUT2D eigenvalue weighted by Crippen LogP contribution is 2.08. The SMILES string of the molecule is CCCc1ccc(CCCN=O)cc1. The average molecular weight is 191 g/mol. The Morgan fingerprint density at radius 2 is 1.64 bits per heavy atom. The monoisotopic (exact) mass is 191 g/mol. The van der Waals surface area contributed by atoms with Gasteiger partial charge in [-0.1, -0.05) is 42.8 Å². The van der Waals surface area contributed by atoms with Crippen LogP contribution in [0.25, 0.3) is 0 Å². The summed E-state index contributed by atoms with van der Waals surface area (Å²) in [5.74, 6) is 0. The van der Waals surface area contributed by atoms with Crippen LogP contribution in [-0.2, 0) is 12.8 Å². The van der Waals surface area contributed by atoms with Gasteiger partial charge in [0, 0.05) is 0 Å². The zero-order valence-corrected chi connectivity index (χ0v) is 8.70. The van der Waals surface area contributed by atoms with E-state index < -0.39 is 0 Å². The van der Waals surface area contributed by atoms with Gasteiger partial charge in [-0.2, -0.15) is 4.91 Å². The summed E-state index contributed by atoms with van der Waals surface area (Å²) < 4.78 is 0. The second-order valence-electron chi connectivity index (χ2n) is 3.52. The summed E-state index contributed by atoms with van der Waals surface area (Å²) in [4.78, 5) is 9.88. The van der Waals surface area contributed by atoms with Gasteiger partial charge in [0.1, 0.15) is 0 Å². The fourth-order valence-electron chi connectivity index (χ4n) is 1.51. The van der Waals surface area contributed by atoms with E-state index in [9.17, 15) is 4.91 Å². The first kappa shape index (κ1) is 10.9. The molecule has 2 heteroatoms. The van der Waals surface area contributed by atoms with Gasteiger partial charge in [0.15, 0.2) is 0 Å². The predicted octanol–water partition coefficient (Wildman–Crippen LogP) is 3.34. The van der Waals surface area contributed by atoms with Crippen LogP contribution in [0.5, 0.6) is 0 Å². The van der Waals surface area contributed by atoms with Crippen molar-refractivity contribution >= 4 is 0 Å². The molecular weight excluding hydrogens is 174 g/mol. The minimum absolute atomic E-state index is 0.427. The van der Waals surface area contributed by atoms with Crippen molar-refractivity contribution < 1.29 is 0 Å². The summed E-state index contributed by atoms with van der Waals surface area (Å²) in [5, 5.41) is 2.85. The lowest BCUT2D eigenvalue weighted by Gasteiger charge is -2.01. The van der Waals surface area contributed by atoms with E-state index in [1.807, 2.05) is 0 Å². The first-order valence-corrected chi connectivity index (χ1v) is 5.23. The molecule has 0 atom stereocenters. The molecule has 76 valence electrons. The van der Waals surface area contributed by atoms with Gasteiger partial charge in [0.25, 0.3) is 0 Å². The number of hydrogen-bond donors (Lipinski definition) is 0. The van der Waals surface area contributed by atoms with Crippen molar-refractivity contribution in [2.75, 3.05) is 6.54 Å². The Balaban J connectivity index is 2.42. The van der Waals surface area contributed by atoms with Crippen LogP contribution in [0.2, 0.25) is 0 Å². The minimum atomic E-state index is 0.427. The third kappa shape index (κ3) is 3.69. The van der Waals surface area contributed by atoms with Crippen molar-refractivity contribution in [2.24, 2.45) is 5.18 Å². The van der Waals surface area contributed by atoms with Gasteiger partial charge < -0.3 is 0 Å². The summed E-state index contributed by atoms with van der Waals surface area (Å²) in [6.45, 7) is 2.61. The van der Waals surface area contributed by atoms with Gasteiger partial charge >= 0.3 is 0 Å². The summed E-state index contributed by atoms with van der Waals surface area (Å²) in [6, 6.07) is 8.64. The van der Waals surface area contributed by atoms with Crippen molar-refractivity contribution in [1.82, 2.24) is 0 Å². The molecular formula is C12H17NO. The number of nitrogens with zero attached hydrogens (tertiary/aromatic N) is 1. The van der Waals surface area contributed by atoms with Gasteiger partial charge in [-0.15, -0.1) is 0 Å². The van der Waals surface area contributed by atoms with Gasteiger partial charge in [-0.3, -0.25) is 0 Å². The lowest BCUT2D eigenvalue weighted by Crippen LogP contribution is -1.89. The highest BCUT2D eigenvalue weighted by Gasteiger charge is 1.94. The van der Waals surface area contributed by atoms with E-state index >= 15 is 0 Å². The second kappa shape index (κ2) is 6.30. The standard InChI is InChI=1S/C12H17NO/c1-2-4-11-6-8-12(9-7-11)5-3-10-13-14/h6-9H,2-5,10H2,1H3. The first-order chi connectivity index (χ1) is 6.86. The Morgan fingerprint density at radius 3 is 2.14 bits per heavy atom.